The molecule has 2 saturated heterocycles. The van der Waals surface area contributed by atoms with Crippen molar-refractivity contribution in [2.75, 3.05) is 18.9 Å². The number of rotatable bonds is 10. The first-order chi connectivity index (χ1) is 36.5. The molecule has 3 aliphatic carbocycles. The van der Waals surface area contributed by atoms with E-state index in [2.05, 4.69) is 20.3 Å². The van der Waals surface area contributed by atoms with Gasteiger partial charge in [-0.1, -0.05) is 62.4 Å². The average molecular weight is 1110 g/mol. The molecule has 5 aliphatic rings. The lowest BCUT2D eigenvalue weighted by molar-refractivity contribution is -0.346. The van der Waals surface area contributed by atoms with E-state index in [0.29, 0.717) is 5.56 Å². The highest BCUT2D eigenvalue weighted by molar-refractivity contribution is 6.28. The molecule has 422 valence electrons. The SMILES string of the molecule is CC(=O)O[C@@]12CO[C@@H]1C[C@H](O)[C@@]1(C)C(=O)[C@H](O)C3=C(C)[C@@H](OC(=O)[C@H](O)[C@@H](NC(=O)OC(C)(C)C)c4ccccc4)C[C@@](O)([C@@H](OC(=O)c4ccccc4)[C@H]21)C3(C)C.Nc1nc(Cl)nc2c1ncn2[C@@H]1O[C@H](CO)[C@@H](O)[C@@H]1F. The number of nitrogen functional groups attached to an aromatic ring is 1. The molecule has 9 rings (SSSR count). The fraction of sp³-hybridized carbons (Fsp3) is 0.547. The molecule has 4 fully saturated rings. The second-order valence-corrected chi connectivity index (χ2v) is 22.3. The largest absolute Gasteiger partial charge is 0.456 e. The molecule has 4 aromatic rings. The van der Waals surface area contributed by atoms with Crippen LogP contribution in [0.1, 0.15) is 96.4 Å². The monoisotopic (exact) mass is 1110 g/mol. The summed E-state index contributed by atoms with van der Waals surface area (Å²) in [5.74, 6) is -5.30. The first kappa shape index (κ1) is 57.9. The molecule has 0 radical (unpaired) electrons. The van der Waals surface area contributed by atoms with Gasteiger partial charge in [0.25, 0.3) is 0 Å². The number of hydrogen-bond acceptors (Lipinski definition) is 21. The summed E-state index contributed by atoms with van der Waals surface area (Å²) in [6.45, 7) is 11.3. The minimum Gasteiger partial charge on any atom is -0.456 e. The van der Waals surface area contributed by atoms with Crippen molar-refractivity contribution in [3.8, 4) is 0 Å². The van der Waals surface area contributed by atoms with E-state index < -0.39 is 144 Å². The molecular formula is C53H64ClFN6O17. The molecule has 2 aromatic carbocycles. The van der Waals surface area contributed by atoms with Crippen LogP contribution in [0.15, 0.2) is 78.1 Å². The van der Waals surface area contributed by atoms with E-state index in [9.17, 15) is 53.9 Å². The number of aliphatic hydroxyl groups is 6. The fourth-order valence-electron chi connectivity index (χ4n) is 11.7. The zero-order valence-corrected chi connectivity index (χ0v) is 44.7. The van der Waals surface area contributed by atoms with Crippen LogP contribution in [0.4, 0.5) is 15.0 Å². The third-order valence-electron chi connectivity index (χ3n) is 15.7. The zero-order valence-electron chi connectivity index (χ0n) is 43.9. The number of nitrogens with zero attached hydrogens (tertiary/aromatic N) is 4. The Hall–Kier alpha value is -6.22. The number of carbonyl (C=O) groups excluding carboxylic acids is 5. The minimum absolute atomic E-state index is 0.0615. The average Bonchev–Trinajstić information content (AvgIpc) is 2.36. The number of alkyl carbamates (subject to hydrolysis) is 1. The Labute approximate surface area is 451 Å². The maximum absolute atomic E-state index is 14.9. The Balaban J connectivity index is 0.000000333. The molecular weight excluding hydrogens is 1050 g/mol. The lowest BCUT2D eigenvalue weighted by Crippen LogP contribution is -2.81. The van der Waals surface area contributed by atoms with Crippen LogP contribution in [0.25, 0.3) is 11.2 Å². The van der Waals surface area contributed by atoms with E-state index in [-0.39, 0.29) is 52.0 Å². The van der Waals surface area contributed by atoms with E-state index in [0.717, 1.165) is 6.92 Å². The lowest BCUT2D eigenvalue weighted by Gasteiger charge is -2.67. The third-order valence-corrected chi connectivity index (χ3v) is 15.9. The highest BCUT2D eigenvalue weighted by Crippen LogP contribution is 2.64. The van der Waals surface area contributed by atoms with Gasteiger partial charge >= 0.3 is 24.0 Å². The number of ketones is 1. The highest BCUT2D eigenvalue weighted by atomic mass is 35.5. The van der Waals surface area contributed by atoms with Gasteiger partial charge in [0.2, 0.25) is 5.28 Å². The van der Waals surface area contributed by atoms with Crippen molar-refractivity contribution in [2.45, 2.75) is 152 Å². The Bertz CT molecular complexity index is 2980. The maximum Gasteiger partial charge on any atom is 0.408 e. The van der Waals surface area contributed by atoms with Gasteiger partial charge in [0.15, 0.2) is 41.4 Å². The number of Topliss-reactive ketones (excluding diaryl/α,β-unsaturated/α-hetero) is 1. The molecule has 0 spiro atoms. The number of aliphatic hydroxyl groups excluding tert-OH is 5. The van der Waals surface area contributed by atoms with Gasteiger partial charge in [-0.25, -0.2) is 23.8 Å². The van der Waals surface area contributed by atoms with Gasteiger partial charge in [0, 0.05) is 25.2 Å². The van der Waals surface area contributed by atoms with Gasteiger partial charge in [0.05, 0.1) is 48.6 Å². The number of benzene rings is 2. The van der Waals surface area contributed by atoms with Gasteiger partial charge in [-0.3, -0.25) is 14.2 Å². The Morgan fingerprint density at radius 3 is 2.23 bits per heavy atom. The molecule has 4 heterocycles. The normalized spacial score (nSPS) is 32.8. The van der Waals surface area contributed by atoms with Crippen molar-refractivity contribution in [2.24, 2.45) is 16.7 Å². The predicted octanol–water partition coefficient (Wildman–Crippen LogP) is 2.91. The first-order valence-electron chi connectivity index (χ1n) is 25.1. The number of aromatic nitrogens is 4. The molecule has 15 atom stereocenters. The number of fused-ring (bicyclic) bond motifs is 6. The van der Waals surface area contributed by atoms with Crippen molar-refractivity contribution in [3.63, 3.8) is 0 Å². The van der Waals surface area contributed by atoms with E-state index in [1.807, 2.05) is 0 Å². The molecule has 25 heteroatoms. The number of halogens is 2. The molecule has 2 bridgehead atoms. The number of ether oxygens (including phenoxy) is 6. The number of carbonyl (C=O) groups is 5. The Kier molecular flexibility index (Phi) is 15.9. The summed E-state index contributed by atoms with van der Waals surface area (Å²) in [4.78, 5) is 80.6. The number of anilines is 1. The number of nitrogens with two attached hydrogens (primary N) is 1. The number of nitrogens with one attached hydrogen (secondary N) is 1. The second-order valence-electron chi connectivity index (χ2n) is 22.0. The first-order valence-corrected chi connectivity index (χ1v) is 25.5. The summed E-state index contributed by atoms with van der Waals surface area (Å²) in [6.07, 6.45) is -15.6. The molecule has 1 amide bonds. The standard InChI is InChI=1S/C43H53NO14.C10H11ClFN5O3/c1-22-26(55-37(51)32(48)30(24-15-11-9-12-16-24)44-38(52)58-39(3,4)5)20-43(53)35(56-36(50)25-17-13-10-14-18-25)33-41(8,34(49)31(47)29(22)40(43,6)7)27(46)19-28-42(33,21-54-28)57-23(2)45;11-10-15-7(13)5-8(16-10)17(2-14-5)9-4(12)6(19)3(1-18)20-9/h9-18,26-28,30-33,35,46-48,53H,19-21H2,1-8H3,(H,44,52);2-4,6,9,18-19H,1H2,(H2,13,15,16)/t26-,27-,28+,30-,31+,32+,33-,35-,41+,42-,43+;3-,4+,6-,9-/m01/s1. The van der Waals surface area contributed by atoms with E-state index in [4.69, 9.17) is 50.9 Å². The van der Waals surface area contributed by atoms with Crippen molar-refractivity contribution in [1.29, 1.82) is 0 Å². The van der Waals surface area contributed by atoms with Crippen molar-refractivity contribution >= 4 is 58.4 Å². The van der Waals surface area contributed by atoms with E-state index in [1.165, 1.54) is 36.9 Å². The molecule has 9 N–H and O–H groups in total. The van der Waals surface area contributed by atoms with Gasteiger partial charge in [-0.05, 0) is 75.1 Å². The number of amides is 1. The zero-order chi connectivity index (χ0) is 57.2. The van der Waals surface area contributed by atoms with Gasteiger partial charge < -0.3 is 70.1 Å². The minimum atomic E-state index is -2.35. The molecule has 2 aliphatic heterocycles. The maximum atomic E-state index is 14.9. The third kappa shape index (κ3) is 10.1. The smallest absolute Gasteiger partial charge is 0.408 e. The fourth-order valence-corrected chi connectivity index (χ4v) is 11.9. The van der Waals surface area contributed by atoms with Crippen molar-refractivity contribution in [1.82, 2.24) is 24.8 Å². The molecule has 23 nitrogen and oxygen atoms in total. The molecule has 2 aromatic heterocycles. The summed E-state index contributed by atoms with van der Waals surface area (Å²) < 4.78 is 50.1. The van der Waals surface area contributed by atoms with Crippen LogP contribution in [0.3, 0.4) is 0 Å². The summed E-state index contributed by atoms with van der Waals surface area (Å²) in [5, 5.41) is 70.1. The number of imidazole rings is 1. The second kappa shape index (κ2) is 21.4. The Morgan fingerprint density at radius 1 is 1.01 bits per heavy atom. The summed E-state index contributed by atoms with van der Waals surface area (Å²) in [7, 11) is 0. The Morgan fingerprint density at radius 2 is 1.65 bits per heavy atom. The number of esters is 3. The van der Waals surface area contributed by atoms with Crippen LogP contribution in [0.5, 0.6) is 0 Å². The molecule has 78 heavy (non-hydrogen) atoms. The van der Waals surface area contributed by atoms with Gasteiger partial charge in [-0.2, -0.15) is 9.97 Å². The molecule has 2 saturated carbocycles. The lowest BCUT2D eigenvalue weighted by atomic mass is 9.44. The van der Waals surface area contributed by atoms with Crippen LogP contribution in [-0.4, -0.2) is 165 Å². The van der Waals surface area contributed by atoms with Crippen molar-refractivity contribution in [3.05, 3.63) is 94.5 Å². The number of hydrogen-bond donors (Lipinski definition) is 8. The van der Waals surface area contributed by atoms with Crippen LogP contribution >= 0.6 is 11.6 Å². The van der Waals surface area contributed by atoms with E-state index in [1.54, 1.807) is 83.1 Å². The van der Waals surface area contributed by atoms with Crippen LogP contribution in [-0.2, 0) is 42.8 Å². The summed E-state index contributed by atoms with van der Waals surface area (Å²) in [5.41, 5.74) is -2.03. The molecule has 0 unspecified atom stereocenters. The predicted molar refractivity (Wildman–Crippen MR) is 270 cm³/mol. The number of alkyl halides is 1. The highest BCUT2D eigenvalue weighted by Gasteiger charge is 2.78. The van der Waals surface area contributed by atoms with Crippen LogP contribution in [0.2, 0.25) is 5.28 Å². The van der Waals surface area contributed by atoms with Crippen LogP contribution < -0.4 is 11.1 Å². The quantitative estimate of drug-likeness (QED) is 0.0490. The van der Waals surface area contributed by atoms with Gasteiger partial charge in [-0.15, -0.1) is 0 Å². The van der Waals surface area contributed by atoms with Crippen molar-refractivity contribution < 1.29 is 87.4 Å². The van der Waals surface area contributed by atoms with E-state index >= 15 is 0 Å². The topological polar surface area (TPSA) is 344 Å². The van der Waals surface area contributed by atoms with Crippen LogP contribution in [0, 0.1) is 16.7 Å². The summed E-state index contributed by atoms with van der Waals surface area (Å²) in [6, 6.07) is 14.6. The van der Waals surface area contributed by atoms with Gasteiger partial charge in [0.1, 0.15) is 53.3 Å². The summed E-state index contributed by atoms with van der Waals surface area (Å²) >= 11 is 5.71.